The van der Waals surface area contributed by atoms with Gasteiger partial charge in [-0.1, -0.05) is 6.07 Å². The van der Waals surface area contributed by atoms with Gasteiger partial charge in [-0.15, -0.1) is 0 Å². The van der Waals surface area contributed by atoms with E-state index in [9.17, 15) is 14.0 Å². The van der Waals surface area contributed by atoms with Crippen molar-refractivity contribution in [3.8, 4) is 0 Å². The van der Waals surface area contributed by atoms with Crippen molar-refractivity contribution >= 4 is 33.4 Å². The molecule has 0 heterocycles. The van der Waals surface area contributed by atoms with E-state index in [0.717, 1.165) is 5.69 Å². The molecule has 0 saturated heterocycles. The van der Waals surface area contributed by atoms with Crippen molar-refractivity contribution in [1.29, 1.82) is 0 Å². The number of carbonyl (C=O) groups is 2. The largest absolute Gasteiger partial charge is 0.378 e. The highest BCUT2D eigenvalue weighted by Gasteiger charge is 2.13. The highest BCUT2D eigenvalue weighted by atomic mass is 79.9. The highest BCUT2D eigenvalue weighted by molar-refractivity contribution is 9.10. The highest BCUT2D eigenvalue weighted by Crippen LogP contribution is 2.17. The molecule has 0 bridgehead atoms. The third-order valence-corrected chi connectivity index (χ3v) is 3.75. The number of carbonyl (C=O) groups excluding carboxylic acids is 2. The summed E-state index contributed by atoms with van der Waals surface area (Å²) in [7, 11) is 3.73. The van der Waals surface area contributed by atoms with E-state index < -0.39 is 17.6 Å². The smallest absolute Gasteiger partial charge is 0.270 e. The van der Waals surface area contributed by atoms with E-state index in [4.69, 9.17) is 0 Å². The quantitative estimate of drug-likeness (QED) is 0.806. The molecule has 0 aliphatic carbocycles. The average molecular weight is 380 g/mol. The van der Waals surface area contributed by atoms with Gasteiger partial charge in [0.2, 0.25) is 0 Å². The van der Waals surface area contributed by atoms with Gasteiger partial charge in [-0.05, 0) is 52.3 Å². The molecular weight excluding hydrogens is 365 g/mol. The van der Waals surface area contributed by atoms with Crippen LogP contribution in [-0.4, -0.2) is 25.9 Å². The molecule has 0 unspecified atom stereocenters. The van der Waals surface area contributed by atoms with Crippen LogP contribution in [0.5, 0.6) is 0 Å². The molecule has 0 fully saturated rings. The monoisotopic (exact) mass is 379 g/mol. The Morgan fingerprint density at radius 2 is 1.74 bits per heavy atom. The second-order valence-electron chi connectivity index (χ2n) is 4.98. The number of hydrogen-bond donors (Lipinski definition) is 2. The first-order valence-electron chi connectivity index (χ1n) is 6.71. The van der Waals surface area contributed by atoms with E-state index in [2.05, 4.69) is 26.8 Å². The lowest BCUT2D eigenvalue weighted by Gasteiger charge is -2.14. The summed E-state index contributed by atoms with van der Waals surface area (Å²) >= 11 is 3.11. The van der Waals surface area contributed by atoms with Crippen molar-refractivity contribution in [1.82, 2.24) is 10.9 Å². The van der Waals surface area contributed by atoms with Crippen molar-refractivity contribution in [2.75, 3.05) is 19.0 Å². The Morgan fingerprint density at radius 1 is 1.04 bits per heavy atom. The number of rotatable bonds is 3. The fourth-order valence-electron chi connectivity index (χ4n) is 1.85. The van der Waals surface area contributed by atoms with Gasteiger partial charge in [0, 0.05) is 29.8 Å². The summed E-state index contributed by atoms with van der Waals surface area (Å²) in [6.07, 6.45) is 0. The van der Waals surface area contributed by atoms with Crippen LogP contribution in [0.4, 0.5) is 10.1 Å². The van der Waals surface area contributed by atoms with E-state index in [1.807, 2.05) is 25.1 Å². The maximum Gasteiger partial charge on any atom is 0.270 e. The van der Waals surface area contributed by atoms with Gasteiger partial charge in [0.25, 0.3) is 11.8 Å². The molecule has 23 heavy (non-hydrogen) atoms. The van der Waals surface area contributed by atoms with Crippen LogP contribution in [0.15, 0.2) is 46.9 Å². The van der Waals surface area contributed by atoms with Crippen LogP contribution in [0.25, 0.3) is 0 Å². The summed E-state index contributed by atoms with van der Waals surface area (Å²) in [5, 5.41) is 0. The Hall–Kier alpha value is -2.41. The van der Waals surface area contributed by atoms with Gasteiger partial charge in [0.15, 0.2) is 0 Å². The van der Waals surface area contributed by atoms with Crippen molar-refractivity contribution < 1.29 is 14.0 Å². The fourth-order valence-corrected chi connectivity index (χ4v) is 2.38. The molecule has 0 aromatic heterocycles. The molecule has 2 amide bonds. The molecule has 2 aromatic rings. The molecule has 5 nitrogen and oxygen atoms in total. The molecule has 0 radical (unpaired) electrons. The first kappa shape index (κ1) is 17.0. The van der Waals surface area contributed by atoms with Gasteiger partial charge in [0.1, 0.15) is 5.82 Å². The minimum absolute atomic E-state index is 0.216. The first-order valence-corrected chi connectivity index (χ1v) is 7.51. The molecule has 2 aromatic carbocycles. The van der Waals surface area contributed by atoms with E-state index in [1.165, 1.54) is 18.2 Å². The molecule has 2 N–H and O–H groups in total. The Labute approximate surface area is 141 Å². The molecule has 0 atom stereocenters. The Morgan fingerprint density at radius 3 is 2.39 bits per heavy atom. The standard InChI is InChI=1S/C16H15BrFN3O2/c1-21(2)12-5-3-4-10(8-12)15(22)19-20-16(23)13-7-6-11(18)9-14(13)17/h3-9H,1-2H3,(H,19,22)(H,20,23). The Balaban J connectivity index is 2.04. The number of hydrogen-bond acceptors (Lipinski definition) is 3. The van der Waals surface area contributed by atoms with Crippen LogP contribution in [0.3, 0.4) is 0 Å². The fraction of sp³-hybridized carbons (Fsp3) is 0.125. The molecule has 0 aliphatic heterocycles. The summed E-state index contributed by atoms with van der Waals surface area (Å²) < 4.78 is 13.3. The van der Waals surface area contributed by atoms with E-state index >= 15 is 0 Å². The minimum atomic E-state index is -0.547. The van der Waals surface area contributed by atoms with E-state index in [1.54, 1.807) is 18.2 Å². The van der Waals surface area contributed by atoms with Crippen LogP contribution in [0, 0.1) is 5.82 Å². The molecule has 0 saturated carbocycles. The first-order chi connectivity index (χ1) is 10.9. The van der Waals surface area contributed by atoms with Crippen LogP contribution < -0.4 is 15.8 Å². The summed E-state index contributed by atoms with van der Waals surface area (Å²) in [4.78, 5) is 25.9. The van der Waals surface area contributed by atoms with Gasteiger partial charge < -0.3 is 4.90 Å². The molecule has 7 heteroatoms. The van der Waals surface area contributed by atoms with Crippen LogP contribution >= 0.6 is 15.9 Å². The lowest BCUT2D eigenvalue weighted by atomic mass is 10.2. The number of nitrogens with one attached hydrogen (secondary N) is 2. The zero-order chi connectivity index (χ0) is 17.0. The Bertz CT molecular complexity index is 750. The predicted octanol–water partition coefficient (Wildman–Crippen LogP) is 2.73. The van der Waals surface area contributed by atoms with Crippen molar-refractivity contribution in [3.63, 3.8) is 0 Å². The van der Waals surface area contributed by atoms with Gasteiger partial charge in [-0.3, -0.25) is 20.4 Å². The van der Waals surface area contributed by atoms with Gasteiger partial charge in [0.05, 0.1) is 5.56 Å². The average Bonchev–Trinajstić information content (AvgIpc) is 2.52. The number of anilines is 1. The summed E-state index contributed by atoms with van der Waals surface area (Å²) in [5.74, 6) is -1.45. The SMILES string of the molecule is CN(C)c1cccc(C(=O)NNC(=O)c2ccc(F)cc2Br)c1. The zero-order valence-electron chi connectivity index (χ0n) is 12.6. The topological polar surface area (TPSA) is 61.4 Å². The van der Waals surface area contributed by atoms with Crippen molar-refractivity contribution in [3.05, 3.63) is 63.9 Å². The zero-order valence-corrected chi connectivity index (χ0v) is 14.1. The maximum atomic E-state index is 13.0. The normalized spacial score (nSPS) is 10.1. The van der Waals surface area contributed by atoms with Crippen molar-refractivity contribution in [2.24, 2.45) is 0 Å². The second-order valence-corrected chi connectivity index (χ2v) is 5.83. The lowest BCUT2D eigenvalue weighted by molar-refractivity contribution is 0.0846. The number of amides is 2. The third-order valence-electron chi connectivity index (χ3n) is 3.09. The van der Waals surface area contributed by atoms with Crippen LogP contribution in [0.1, 0.15) is 20.7 Å². The number of halogens is 2. The van der Waals surface area contributed by atoms with Crippen LogP contribution in [-0.2, 0) is 0 Å². The number of benzene rings is 2. The molecule has 0 spiro atoms. The van der Waals surface area contributed by atoms with Crippen molar-refractivity contribution in [2.45, 2.75) is 0 Å². The molecular formula is C16H15BrFN3O2. The number of nitrogens with zero attached hydrogens (tertiary/aromatic N) is 1. The van der Waals surface area contributed by atoms with Crippen LogP contribution in [0.2, 0.25) is 0 Å². The molecule has 120 valence electrons. The Kier molecular flexibility index (Phi) is 5.33. The molecule has 2 rings (SSSR count). The maximum absolute atomic E-state index is 13.0. The summed E-state index contributed by atoms with van der Waals surface area (Å²) in [5.41, 5.74) is 6.13. The third kappa shape index (κ3) is 4.29. The lowest BCUT2D eigenvalue weighted by Crippen LogP contribution is -2.41. The van der Waals surface area contributed by atoms with Gasteiger partial charge in [-0.2, -0.15) is 0 Å². The van der Waals surface area contributed by atoms with Gasteiger partial charge >= 0.3 is 0 Å². The molecule has 0 aliphatic rings. The number of hydrazine groups is 1. The van der Waals surface area contributed by atoms with E-state index in [-0.39, 0.29) is 5.56 Å². The second kappa shape index (κ2) is 7.23. The minimum Gasteiger partial charge on any atom is -0.378 e. The summed E-state index contributed by atoms with van der Waals surface area (Å²) in [6, 6.07) is 10.6. The van der Waals surface area contributed by atoms with E-state index in [0.29, 0.717) is 10.0 Å². The predicted molar refractivity (Wildman–Crippen MR) is 89.8 cm³/mol. The van der Waals surface area contributed by atoms with Gasteiger partial charge in [-0.25, -0.2) is 4.39 Å². The summed E-state index contributed by atoms with van der Waals surface area (Å²) in [6.45, 7) is 0.